The van der Waals surface area contributed by atoms with Gasteiger partial charge in [0.15, 0.2) is 0 Å². The Bertz CT molecular complexity index is 409. The first-order chi connectivity index (χ1) is 11.4. The van der Waals surface area contributed by atoms with Crippen LogP contribution >= 0.6 is 0 Å². The summed E-state index contributed by atoms with van der Waals surface area (Å²) >= 11 is 0. The van der Waals surface area contributed by atoms with Gasteiger partial charge < -0.3 is 10.6 Å². The Morgan fingerprint density at radius 2 is 1.12 bits per heavy atom. The lowest BCUT2D eigenvalue weighted by atomic mass is 9.75. The van der Waals surface area contributed by atoms with Gasteiger partial charge in [-0.3, -0.25) is 0 Å². The second-order valence-corrected chi connectivity index (χ2v) is 8.84. The minimum atomic E-state index is 0.716. The first-order valence-corrected chi connectivity index (χ1v) is 10.1. The van der Waals surface area contributed by atoms with Crippen LogP contribution in [0, 0.1) is 35.5 Å². The molecule has 0 saturated carbocycles. The van der Waals surface area contributed by atoms with Gasteiger partial charge >= 0.3 is 0 Å². The molecule has 0 spiro atoms. The van der Waals surface area contributed by atoms with Gasteiger partial charge in [-0.2, -0.15) is 0 Å². The van der Waals surface area contributed by atoms with Gasteiger partial charge in [0.25, 0.3) is 0 Å². The molecule has 0 unspecified atom stereocenters. The van der Waals surface area contributed by atoms with Crippen molar-refractivity contribution in [3.8, 4) is 0 Å². The first kappa shape index (κ1) is 19.7. The summed E-state index contributed by atoms with van der Waals surface area (Å²) in [5.41, 5.74) is 3.15. The number of hydrogen-bond acceptors (Lipinski definition) is 2. The van der Waals surface area contributed by atoms with Crippen molar-refractivity contribution in [1.82, 2.24) is 10.6 Å². The number of rotatable bonds is 7. The molecule has 0 aliphatic heterocycles. The van der Waals surface area contributed by atoms with Crippen LogP contribution in [-0.4, -0.2) is 26.2 Å². The van der Waals surface area contributed by atoms with Gasteiger partial charge in [0.1, 0.15) is 0 Å². The number of nitrogens with one attached hydrogen (secondary N) is 2. The highest BCUT2D eigenvalue weighted by Crippen LogP contribution is 2.33. The van der Waals surface area contributed by atoms with Crippen molar-refractivity contribution in [2.24, 2.45) is 35.5 Å². The monoisotopic (exact) mass is 332 g/mol. The van der Waals surface area contributed by atoms with Crippen molar-refractivity contribution in [3.05, 3.63) is 23.3 Å². The van der Waals surface area contributed by atoms with Gasteiger partial charge in [-0.05, 0) is 75.3 Å². The van der Waals surface area contributed by atoms with Gasteiger partial charge in [0.05, 0.1) is 0 Å². The van der Waals surface area contributed by atoms with Crippen molar-refractivity contribution in [2.75, 3.05) is 26.2 Å². The van der Waals surface area contributed by atoms with Gasteiger partial charge in [-0.1, -0.05) is 51.0 Å². The molecule has 0 aromatic heterocycles. The molecule has 2 nitrogen and oxygen atoms in total. The van der Waals surface area contributed by atoms with E-state index in [1.165, 1.54) is 12.8 Å². The van der Waals surface area contributed by atoms with Crippen LogP contribution in [-0.2, 0) is 0 Å². The quantitative estimate of drug-likeness (QED) is 0.524. The Labute approximate surface area is 150 Å². The fraction of sp³-hybridized carbons (Fsp3) is 0.818. The SMILES string of the molecule is CC1=C[C@H](C)[C@H](CNCCNC[C@@H]2[C@H](C)CC(C)=C[C@@H]2C)[C@H](C)C1. The molecular formula is C22H40N2. The standard InChI is InChI=1S/C22H40N2/c1-15-9-17(3)21(18(4)10-15)13-23-7-8-24-14-22-19(5)11-16(2)12-20(22)6/h9,11,17-24H,7-8,10,12-14H2,1-6H3/t17-,18+,19-,20+,21-,22-/m0/s1. The first-order valence-electron chi connectivity index (χ1n) is 10.1. The molecule has 0 saturated heterocycles. The zero-order chi connectivity index (χ0) is 17.7. The molecule has 2 aliphatic rings. The summed E-state index contributed by atoms with van der Waals surface area (Å²) in [5.74, 6) is 4.63. The third-order valence-electron chi connectivity index (χ3n) is 6.43. The Morgan fingerprint density at radius 3 is 1.46 bits per heavy atom. The van der Waals surface area contributed by atoms with Crippen molar-refractivity contribution in [3.63, 3.8) is 0 Å². The maximum absolute atomic E-state index is 3.69. The Balaban J connectivity index is 1.62. The highest BCUT2D eigenvalue weighted by atomic mass is 14.9. The molecule has 0 heterocycles. The highest BCUT2D eigenvalue weighted by molar-refractivity contribution is 5.09. The van der Waals surface area contributed by atoms with Crippen LogP contribution in [0.3, 0.4) is 0 Å². The molecule has 0 bridgehead atoms. The Kier molecular flexibility index (Phi) is 7.56. The fourth-order valence-corrected chi connectivity index (χ4v) is 5.12. The lowest BCUT2D eigenvalue weighted by Gasteiger charge is -2.34. The normalized spacial score (nSPS) is 37.1. The van der Waals surface area contributed by atoms with Crippen LogP contribution < -0.4 is 10.6 Å². The second kappa shape index (κ2) is 9.20. The van der Waals surface area contributed by atoms with E-state index in [2.05, 4.69) is 64.3 Å². The van der Waals surface area contributed by atoms with E-state index in [9.17, 15) is 0 Å². The summed E-state index contributed by atoms with van der Waals surface area (Å²) in [6, 6.07) is 0. The summed E-state index contributed by atoms with van der Waals surface area (Å²) in [7, 11) is 0. The van der Waals surface area contributed by atoms with E-state index in [1.54, 1.807) is 11.1 Å². The molecular weight excluding hydrogens is 292 g/mol. The third kappa shape index (κ3) is 5.46. The van der Waals surface area contributed by atoms with Crippen molar-refractivity contribution >= 4 is 0 Å². The van der Waals surface area contributed by atoms with Crippen molar-refractivity contribution < 1.29 is 0 Å². The summed E-state index contributed by atoms with van der Waals surface area (Å²) in [5, 5.41) is 7.39. The van der Waals surface area contributed by atoms with Gasteiger partial charge in [0.2, 0.25) is 0 Å². The molecule has 2 N–H and O–H groups in total. The second-order valence-electron chi connectivity index (χ2n) is 8.84. The summed E-state index contributed by atoms with van der Waals surface area (Å²) < 4.78 is 0. The van der Waals surface area contributed by atoms with E-state index in [1.807, 2.05) is 0 Å². The molecule has 6 atom stereocenters. The predicted molar refractivity (Wildman–Crippen MR) is 106 cm³/mol. The minimum absolute atomic E-state index is 0.716. The lowest BCUT2D eigenvalue weighted by Crippen LogP contribution is -2.39. The molecule has 0 fully saturated rings. The van der Waals surface area contributed by atoms with Gasteiger partial charge in [0, 0.05) is 13.1 Å². The smallest absolute Gasteiger partial charge is 0.00768 e. The molecule has 24 heavy (non-hydrogen) atoms. The number of allylic oxidation sites excluding steroid dienone is 4. The van der Waals surface area contributed by atoms with Crippen LogP contribution in [0.5, 0.6) is 0 Å². The molecule has 2 heteroatoms. The number of hydrogen-bond donors (Lipinski definition) is 2. The molecule has 0 radical (unpaired) electrons. The maximum Gasteiger partial charge on any atom is 0.00768 e. The predicted octanol–water partition coefficient (Wildman–Crippen LogP) is 4.64. The average Bonchev–Trinajstić information content (AvgIpc) is 2.46. The van der Waals surface area contributed by atoms with E-state index in [4.69, 9.17) is 0 Å². The molecule has 2 rings (SSSR count). The van der Waals surface area contributed by atoms with Crippen LogP contribution in [0.4, 0.5) is 0 Å². The van der Waals surface area contributed by atoms with Crippen LogP contribution in [0.2, 0.25) is 0 Å². The van der Waals surface area contributed by atoms with Gasteiger partial charge in [-0.25, -0.2) is 0 Å². The largest absolute Gasteiger partial charge is 0.315 e. The Hall–Kier alpha value is -0.600. The van der Waals surface area contributed by atoms with Crippen molar-refractivity contribution in [1.29, 1.82) is 0 Å². The van der Waals surface area contributed by atoms with E-state index in [-0.39, 0.29) is 0 Å². The molecule has 0 aromatic rings. The van der Waals surface area contributed by atoms with E-state index in [0.29, 0.717) is 11.8 Å². The summed E-state index contributed by atoms with van der Waals surface area (Å²) in [6.07, 6.45) is 7.51. The zero-order valence-electron chi connectivity index (χ0n) is 16.9. The van der Waals surface area contributed by atoms with Crippen LogP contribution in [0.15, 0.2) is 23.3 Å². The lowest BCUT2D eigenvalue weighted by molar-refractivity contribution is 0.253. The summed E-state index contributed by atoms with van der Waals surface area (Å²) in [4.78, 5) is 0. The molecule has 2 aliphatic carbocycles. The van der Waals surface area contributed by atoms with E-state index >= 15 is 0 Å². The average molecular weight is 333 g/mol. The van der Waals surface area contributed by atoms with Gasteiger partial charge in [-0.15, -0.1) is 0 Å². The molecule has 138 valence electrons. The molecule has 0 aromatic carbocycles. The van der Waals surface area contributed by atoms with Crippen LogP contribution in [0.1, 0.15) is 54.4 Å². The van der Waals surface area contributed by atoms with Crippen LogP contribution in [0.25, 0.3) is 0 Å². The zero-order valence-corrected chi connectivity index (χ0v) is 16.9. The highest BCUT2D eigenvalue weighted by Gasteiger charge is 2.27. The van der Waals surface area contributed by atoms with Crippen molar-refractivity contribution in [2.45, 2.75) is 54.4 Å². The maximum atomic E-state index is 3.69. The minimum Gasteiger partial charge on any atom is -0.315 e. The molecule has 0 amide bonds. The third-order valence-corrected chi connectivity index (χ3v) is 6.43. The van der Waals surface area contributed by atoms with E-state index < -0.39 is 0 Å². The Morgan fingerprint density at radius 1 is 0.750 bits per heavy atom. The summed E-state index contributed by atoms with van der Waals surface area (Å²) in [6.45, 7) is 18.6. The fourth-order valence-electron chi connectivity index (χ4n) is 5.12. The van der Waals surface area contributed by atoms with E-state index in [0.717, 1.165) is 49.9 Å². The topological polar surface area (TPSA) is 24.1 Å².